The maximum Gasteiger partial charge on any atom is 0.246 e. The van der Waals surface area contributed by atoms with Crippen LogP contribution in [0.2, 0.25) is 0 Å². The highest BCUT2D eigenvalue weighted by molar-refractivity contribution is 5.97. The van der Waals surface area contributed by atoms with Crippen molar-refractivity contribution in [3.05, 3.63) is 35.4 Å². The van der Waals surface area contributed by atoms with E-state index in [0.717, 1.165) is 25.0 Å². The molecule has 1 aliphatic carbocycles. The van der Waals surface area contributed by atoms with Gasteiger partial charge >= 0.3 is 0 Å². The van der Waals surface area contributed by atoms with Crippen molar-refractivity contribution in [1.82, 2.24) is 10.2 Å². The van der Waals surface area contributed by atoms with Gasteiger partial charge in [-0.3, -0.25) is 9.59 Å². The van der Waals surface area contributed by atoms with E-state index in [4.69, 9.17) is 0 Å². The van der Waals surface area contributed by atoms with Crippen LogP contribution in [0.4, 0.5) is 8.78 Å². The summed E-state index contributed by atoms with van der Waals surface area (Å²) in [4.78, 5) is 25.9. The molecule has 0 spiro atoms. The molecule has 0 aromatic heterocycles. The summed E-state index contributed by atoms with van der Waals surface area (Å²) in [6.07, 6.45) is 1.87. The summed E-state index contributed by atoms with van der Waals surface area (Å²) in [5.41, 5.74) is 0.471. The Morgan fingerprint density at radius 3 is 2.57 bits per heavy atom. The molecule has 21 heavy (non-hydrogen) atoms. The minimum Gasteiger partial charge on any atom is -0.342 e. The average Bonchev–Trinajstić information content (AvgIpc) is 3.27. The van der Waals surface area contributed by atoms with Crippen LogP contribution in [0.25, 0.3) is 0 Å². The van der Waals surface area contributed by atoms with Gasteiger partial charge in [0.05, 0.1) is 0 Å². The van der Waals surface area contributed by atoms with E-state index >= 15 is 0 Å². The second-order valence-electron chi connectivity index (χ2n) is 5.71. The summed E-state index contributed by atoms with van der Waals surface area (Å²) in [7, 11) is 0. The SMILES string of the molecule is CC1C(=O)NC(C2CC2)C(=O)N1Cc1ccc(F)c(F)c1. The Morgan fingerprint density at radius 1 is 1.24 bits per heavy atom. The Labute approximate surface area is 121 Å². The lowest BCUT2D eigenvalue weighted by atomic mass is 10.0. The Morgan fingerprint density at radius 2 is 1.95 bits per heavy atom. The van der Waals surface area contributed by atoms with Crippen molar-refractivity contribution in [2.45, 2.75) is 38.4 Å². The van der Waals surface area contributed by atoms with Gasteiger partial charge in [0.1, 0.15) is 12.1 Å². The molecule has 2 atom stereocenters. The third kappa shape index (κ3) is 2.62. The second-order valence-corrected chi connectivity index (χ2v) is 5.71. The van der Waals surface area contributed by atoms with Gasteiger partial charge in [-0.1, -0.05) is 6.07 Å². The molecule has 1 aromatic carbocycles. The zero-order valence-electron chi connectivity index (χ0n) is 11.6. The molecule has 4 nitrogen and oxygen atoms in total. The van der Waals surface area contributed by atoms with Crippen LogP contribution in [0.5, 0.6) is 0 Å². The van der Waals surface area contributed by atoms with Gasteiger partial charge in [-0.25, -0.2) is 8.78 Å². The molecule has 0 radical (unpaired) electrons. The maximum absolute atomic E-state index is 13.3. The molecule has 0 bridgehead atoms. The molecule has 2 amide bonds. The van der Waals surface area contributed by atoms with Crippen molar-refractivity contribution in [3.63, 3.8) is 0 Å². The number of hydrogen-bond acceptors (Lipinski definition) is 2. The van der Waals surface area contributed by atoms with Crippen molar-refractivity contribution in [1.29, 1.82) is 0 Å². The highest BCUT2D eigenvalue weighted by atomic mass is 19.2. The molecule has 1 heterocycles. The summed E-state index contributed by atoms with van der Waals surface area (Å²) in [5, 5.41) is 2.75. The summed E-state index contributed by atoms with van der Waals surface area (Å²) >= 11 is 0. The van der Waals surface area contributed by atoms with Crippen LogP contribution in [0.3, 0.4) is 0 Å². The molecule has 6 heteroatoms. The normalized spacial score (nSPS) is 26.0. The Bertz CT molecular complexity index is 601. The van der Waals surface area contributed by atoms with E-state index in [0.29, 0.717) is 5.56 Å². The molecule has 3 rings (SSSR count). The summed E-state index contributed by atoms with van der Waals surface area (Å²) in [5.74, 6) is -2.01. The smallest absolute Gasteiger partial charge is 0.246 e. The van der Waals surface area contributed by atoms with Gasteiger partial charge < -0.3 is 10.2 Å². The molecule has 1 saturated carbocycles. The summed E-state index contributed by atoms with van der Waals surface area (Å²) in [6, 6.07) is 2.44. The Hall–Kier alpha value is -1.98. The van der Waals surface area contributed by atoms with Gasteiger partial charge in [0.25, 0.3) is 0 Å². The largest absolute Gasteiger partial charge is 0.342 e. The molecule has 112 valence electrons. The fourth-order valence-electron chi connectivity index (χ4n) is 2.65. The highest BCUT2D eigenvalue weighted by Crippen LogP contribution is 2.35. The number of benzene rings is 1. The minimum absolute atomic E-state index is 0.105. The van der Waals surface area contributed by atoms with Crippen LogP contribution in [-0.4, -0.2) is 28.8 Å². The number of amides is 2. The predicted octanol–water partition coefficient (Wildman–Crippen LogP) is 1.59. The van der Waals surface area contributed by atoms with Gasteiger partial charge in [-0.2, -0.15) is 0 Å². The number of halogens is 2. The quantitative estimate of drug-likeness (QED) is 0.920. The van der Waals surface area contributed by atoms with E-state index < -0.39 is 23.7 Å². The van der Waals surface area contributed by atoms with Gasteiger partial charge in [-0.05, 0) is 43.4 Å². The average molecular weight is 294 g/mol. The van der Waals surface area contributed by atoms with Crippen molar-refractivity contribution in [2.75, 3.05) is 0 Å². The molecule has 2 fully saturated rings. The number of piperazine rings is 1. The second kappa shape index (κ2) is 5.09. The van der Waals surface area contributed by atoms with Crippen molar-refractivity contribution >= 4 is 11.8 Å². The first kappa shape index (κ1) is 14.0. The maximum atomic E-state index is 13.3. The summed E-state index contributed by atoms with van der Waals surface area (Å²) < 4.78 is 26.2. The third-order valence-electron chi connectivity index (χ3n) is 4.12. The zero-order valence-corrected chi connectivity index (χ0v) is 11.6. The lowest BCUT2D eigenvalue weighted by Crippen LogP contribution is -2.62. The van der Waals surface area contributed by atoms with E-state index in [1.165, 1.54) is 11.0 Å². The van der Waals surface area contributed by atoms with E-state index in [9.17, 15) is 18.4 Å². The van der Waals surface area contributed by atoms with Gasteiger partial charge in [-0.15, -0.1) is 0 Å². The highest BCUT2D eigenvalue weighted by Gasteiger charge is 2.45. The van der Waals surface area contributed by atoms with E-state index in [1.807, 2.05) is 0 Å². The number of nitrogens with zero attached hydrogens (tertiary/aromatic N) is 1. The number of nitrogens with one attached hydrogen (secondary N) is 1. The standard InChI is InChI=1S/C15H16F2N2O2/c1-8-14(20)18-13(10-3-4-10)15(21)19(8)7-9-2-5-11(16)12(17)6-9/h2,5-6,8,10,13H,3-4,7H2,1H3,(H,18,20). The zero-order chi connectivity index (χ0) is 15.1. The van der Waals surface area contributed by atoms with Crippen molar-refractivity contribution < 1.29 is 18.4 Å². The van der Waals surface area contributed by atoms with Crippen LogP contribution in [0.1, 0.15) is 25.3 Å². The van der Waals surface area contributed by atoms with Gasteiger partial charge in [0.15, 0.2) is 11.6 Å². The molecule has 1 saturated heterocycles. The summed E-state index contributed by atoms with van der Waals surface area (Å²) in [6.45, 7) is 1.74. The third-order valence-corrected chi connectivity index (χ3v) is 4.12. The molecule has 2 aliphatic rings. The first-order valence-electron chi connectivity index (χ1n) is 7.02. The lowest BCUT2D eigenvalue weighted by molar-refractivity contribution is -0.149. The first-order valence-corrected chi connectivity index (χ1v) is 7.02. The van der Waals surface area contributed by atoms with Crippen molar-refractivity contribution in [2.24, 2.45) is 5.92 Å². The van der Waals surface area contributed by atoms with Crippen molar-refractivity contribution in [3.8, 4) is 0 Å². The molecular weight excluding hydrogens is 278 g/mol. The fourth-order valence-corrected chi connectivity index (χ4v) is 2.65. The molecule has 1 aromatic rings. The number of rotatable bonds is 3. The van der Waals surface area contributed by atoms with Gasteiger partial charge in [0.2, 0.25) is 11.8 Å². The fraction of sp³-hybridized carbons (Fsp3) is 0.467. The molecule has 2 unspecified atom stereocenters. The Balaban J connectivity index is 1.82. The monoisotopic (exact) mass is 294 g/mol. The van der Waals surface area contributed by atoms with Gasteiger partial charge in [0, 0.05) is 6.54 Å². The lowest BCUT2D eigenvalue weighted by Gasteiger charge is -2.37. The molecule has 1 aliphatic heterocycles. The van der Waals surface area contributed by atoms with Crippen LogP contribution in [0.15, 0.2) is 18.2 Å². The predicted molar refractivity (Wildman–Crippen MR) is 71.0 cm³/mol. The van der Waals surface area contributed by atoms with Crippen LogP contribution < -0.4 is 5.32 Å². The first-order chi connectivity index (χ1) is 9.97. The number of hydrogen-bond donors (Lipinski definition) is 1. The minimum atomic E-state index is -0.951. The number of carbonyl (C=O) groups is 2. The van der Waals surface area contributed by atoms with Crippen LogP contribution in [0, 0.1) is 17.6 Å². The number of carbonyl (C=O) groups excluding carboxylic acids is 2. The van der Waals surface area contributed by atoms with E-state index in [2.05, 4.69) is 5.32 Å². The topological polar surface area (TPSA) is 49.4 Å². The van der Waals surface area contributed by atoms with E-state index in [-0.39, 0.29) is 24.3 Å². The molecule has 1 N–H and O–H groups in total. The van der Waals surface area contributed by atoms with E-state index in [1.54, 1.807) is 6.92 Å². The Kier molecular flexibility index (Phi) is 3.39. The van der Waals surface area contributed by atoms with Crippen LogP contribution >= 0.6 is 0 Å². The molecular formula is C15H16F2N2O2. The van der Waals surface area contributed by atoms with Crippen LogP contribution in [-0.2, 0) is 16.1 Å².